The number of nitrogens with one attached hydrogen (secondary N) is 2. The number of carbonyl (C=O) groups excluding carboxylic acids is 2. The SMILES string of the molecule is COc1ccc2nc(O[C@@H]3C[C@H]4C(=O)N[C@]5(C(=O)O)C[C@H]5C(C)CCCCCC[C@H](Nc5ccccc5)C(=O)N4C3)c(-c3cccs3)nc2c1. The van der Waals surface area contributed by atoms with E-state index in [4.69, 9.17) is 19.4 Å². The zero-order valence-electron chi connectivity index (χ0n) is 28.3. The third-order valence-electron chi connectivity index (χ3n) is 10.5. The number of anilines is 1. The summed E-state index contributed by atoms with van der Waals surface area (Å²) in [7, 11) is 1.60. The van der Waals surface area contributed by atoms with Crippen LogP contribution in [0.3, 0.4) is 0 Å². The predicted octanol–water partition coefficient (Wildman–Crippen LogP) is 6.15. The number of thiophene rings is 1. The molecule has 11 nitrogen and oxygen atoms in total. The second-order valence-corrected chi connectivity index (χ2v) is 14.7. The number of carbonyl (C=O) groups is 3. The van der Waals surface area contributed by atoms with Gasteiger partial charge in [0.2, 0.25) is 17.7 Å². The van der Waals surface area contributed by atoms with Crippen LogP contribution in [0, 0.1) is 11.8 Å². The van der Waals surface area contributed by atoms with Crippen LogP contribution in [0.4, 0.5) is 5.69 Å². The number of para-hydroxylation sites is 1. The maximum Gasteiger partial charge on any atom is 0.329 e. The Bertz CT molecular complexity index is 1860. The Kier molecular flexibility index (Phi) is 9.63. The molecule has 2 saturated heterocycles. The monoisotopic (exact) mass is 697 g/mol. The van der Waals surface area contributed by atoms with Crippen LogP contribution in [0.5, 0.6) is 11.6 Å². The summed E-state index contributed by atoms with van der Waals surface area (Å²) in [6.45, 7) is 2.22. The molecule has 4 aromatic rings. The molecule has 1 unspecified atom stereocenters. The first-order chi connectivity index (χ1) is 24.3. The Balaban J connectivity index is 1.22. The molecule has 0 bridgehead atoms. The summed E-state index contributed by atoms with van der Waals surface area (Å²) in [5.41, 5.74) is 1.32. The number of ether oxygens (including phenoxy) is 2. The van der Waals surface area contributed by atoms with Gasteiger partial charge in [-0.2, -0.15) is 0 Å². The van der Waals surface area contributed by atoms with Crippen LogP contribution in [-0.4, -0.2) is 75.1 Å². The van der Waals surface area contributed by atoms with Crippen molar-refractivity contribution in [2.75, 3.05) is 19.0 Å². The van der Waals surface area contributed by atoms with Gasteiger partial charge in [-0.3, -0.25) is 9.59 Å². The molecule has 3 N–H and O–H groups in total. The van der Waals surface area contributed by atoms with E-state index in [1.165, 1.54) is 11.3 Å². The molecule has 2 aromatic heterocycles. The summed E-state index contributed by atoms with van der Waals surface area (Å²) in [5, 5.41) is 18.7. The Labute approximate surface area is 295 Å². The van der Waals surface area contributed by atoms with Crippen molar-refractivity contribution < 1.29 is 29.0 Å². The van der Waals surface area contributed by atoms with Crippen molar-refractivity contribution in [3.63, 3.8) is 0 Å². The van der Waals surface area contributed by atoms with E-state index in [1.54, 1.807) is 12.0 Å². The van der Waals surface area contributed by atoms with Crippen LogP contribution in [-0.2, 0) is 14.4 Å². The third kappa shape index (κ3) is 6.85. The highest BCUT2D eigenvalue weighted by Gasteiger charge is 2.64. The molecule has 0 radical (unpaired) electrons. The molecular weight excluding hydrogens is 655 g/mol. The number of hydrogen-bond acceptors (Lipinski definition) is 9. The van der Waals surface area contributed by atoms with Crippen molar-refractivity contribution in [2.24, 2.45) is 11.8 Å². The highest BCUT2D eigenvalue weighted by molar-refractivity contribution is 7.13. The fourth-order valence-corrected chi connectivity index (χ4v) is 8.32. The van der Waals surface area contributed by atoms with E-state index in [1.807, 2.05) is 66.0 Å². The number of hydrogen-bond donors (Lipinski definition) is 3. The molecule has 6 atom stereocenters. The Morgan fingerprint density at radius 1 is 1.02 bits per heavy atom. The lowest BCUT2D eigenvalue weighted by Gasteiger charge is -2.30. The zero-order chi connectivity index (χ0) is 34.8. The van der Waals surface area contributed by atoms with Crippen molar-refractivity contribution in [1.29, 1.82) is 0 Å². The van der Waals surface area contributed by atoms with Gasteiger partial charge < -0.3 is 30.1 Å². The Hall–Kier alpha value is -4.71. The largest absolute Gasteiger partial charge is 0.497 e. The number of nitrogens with zero attached hydrogens (tertiary/aromatic N) is 3. The van der Waals surface area contributed by atoms with Crippen molar-refractivity contribution in [3.8, 4) is 22.2 Å². The molecule has 3 fully saturated rings. The first kappa shape index (κ1) is 33.8. The highest BCUT2D eigenvalue weighted by Crippen LogP contribution is 2.50. The van der Waals surface area contributed by atoms with Crippen LogP contribution >= 0.6 is 11.3 Å². The number of aromatic nitrogens is 2. The second-order valence-electron chi connectivity index (χ2n) is 13.8. The lowest BCUT2D eigenvalue weighted by Crippen LogP contribution is -2.55. The van der Waals surface area contributed by atoms with E-state index < -0.39 is 35.6 Å². The Morgan fingerprint density at radius 2 is 1.82 bits per heavy atom. The normalized spacial score (nSPS) is 27.3. The van der Waals surface area contributed by atoms with Gasteiger partial charge >= 0.3 is 5.97 Å². The topological polar surface area (TPSA) is 143 Å². The molecule has 262 valence electrons. The van der Waals surface area contributed by atoms with Crippen LogP contribution in [0.1, 0.15) is 58.3 Å². The first-order valence-corrected chi connectivity index (χ1v) is 18.4. The summed E-state index contributed by atoms with van der Waals surface area (Å²) in [6.07, 6.45) is 5.27. The average molecular weight is 698 g/mol. The standard InChI is InChI=1S/C38H43N5O6S/c1-23-11-6-3-4-9-14-29(39-24-12-7-5-8-13-24)36(45)43-22-26(20-31(43)34(44)42-38(37(46)47)21-27(23)38)49-35-33(32-15-10-18-50-32)40-30-19-25(48-2)16-17-28(30)41-35/h5,7-8,10,12-13,15-19,23,26-27,29,31,39H,3-4,6,9,11,14,20-22H2,1-2H3,(H,42,44)(H,46,47)/t23?,26-,27+,29+,31+,38-/m1/s1. The van der Waals surface area contributed by atoms with Gasteiger partial charge in [-0.05, 0) is 60.4 Å². The molecular formula is C38H43N5O6S. The van der Waals surface area contributed by atoms with Crippen molar-refractivity contribution >= 4 is 45.8 Å². The number of carboxylic acid groups (broad SMARTS) is 1. The van der Waals surface area contributed by atoms with Gasteiger partial charge in [0, 0.05) is 18.2 Å². The van der Waals surface area contributed by atoms with E-state index in [0.29, 0.717) is 41.2 Å². The minimum Gasteiger partial charge on any atom is -0.497 e. The van der Waals surface area contributed by atoms with E-state index in [2.05, 4.69) is 17.6 Å². The molecule has 50 heavy (non-hydrogen) atoms. The van der Waals surface area contributed by atoms with Crippen LogP contribution in [0.15, 0.2) is 66.0 Å². The van der Waals surface area contributed by atoms with Gasteiger partial charge in [-0.25, -0.2) is 14.8 Å². The highest BCUT2D eigenvalue weighted by atomic mass is 32.1. The van der Waals surface area contributed by atoms with Gasteiger partial charge in [0.15, 0.2) is 0 Å². The molecule has 2 amide bonds. The molecule has 2 aliphatic heterocycles. The first-order valence-electron chi connectivity index (χ1n) is 17.5. The maximum atomic E-state index is 14.5. The average Bonchev–Trinajstić information content (AvgIpc) is 3.41. The lowest BCUT2D eigenvalue weighted by atomic mass is 9.94. The van der Waals surface area contributed by atoms with E-state index in [9.17, 15) is 19.5 Å². The molecule has 2 aromatic carbocycles. The van der Waals surface area contributed by atoms with Crippen molar-refractivity contribution in [3.05, 3.63) is 66.0 Å². The third-order valence-corrected chi connectivity index (χ3v) is 11.3. The molecule has 1 aliphatic carbocycles. The van der Waals surface area contributed by atoms with Gasteiger partial charge in [0.25, 0.3) is 0 Å². The van der Waals surface area contributed by atoms with Gasteiger partial charge in [0.05, 0.1) is 29.6 Å². The molecule has 1 saturated carbocycles. The fourth-order valence-electron chi connectivity index (χ4n) is 7.62. The summed E-state index contributed by atoms with van der Waals surface area (Å²) < 4.78 is 12.0. The van der Waals surface area contributed by atoms with Crippen LogP contribution in [0.2, 0.25) is 0 Å². The minimum atomic E-state index is -1.33. The number of benzene rings is 2. The second kappa shape index (κ2) is 14.3. The van der Waals surface area contributed by atoms with Crippen LogP contribution < -0.4 is 20.1 Å². The lowest BCUT2D eigenvalue weighted by molar-refractivity contribution is -0.145. The summed E-state index contributed by atoms with van der Waals surface area (Å²) in [5.74, 6) is -0.735. The van der Waals surface area contributed by atoms with Gasteiger partial charge in [-0.15, -0.1) is 11.3 Å². The maximum absolute atomic E-state index is 14.5. The van der Waals surface area contributed by atoms with Crippen molar-refractivity contribution in [2.45, 2.75) is 82.0 Å². The quantitative estimate of drug-likeness (QED) is 0.207. The van der Waals surface area contributed by atoms with E-state index in [-0.39, 0.29) is 30.7 Å². The summed E-state index contributed by atoms with van der Waals surface area (Å²) in [4.78, 5) is 53.6. The molecule has 3 aliphatic rings. The van der Waals surface area contributed by atoms with Crippen molar-refractivity contribution in [1.82, 2.24) is 20.2 Å². The zero-order valence-corrected chi connectivity index (χ0v) is 29.2. The number of carboxylic acids is 1. The molecule has 7 rings (SSSR count). The number of methoxy groups -OCH3 is 1. The van der Waals surface area contributed by atoms with Gasteiger partial charge in [0.1, 0.15) is 35.2 Å². The smallest absolute Gasteiger partial charge is 0.329 e. The summed E-state index contributed by atoms with van der Waals surface area (Å²) in [6, 6.07) is 17.4. The molecule has 4 heterocycles. The number of fused-ring (bicyclic) bond motifs is 3. The van der Waals surface area contributed by atoms with Gasteiger partial charge in [-0.1, -0.05) is 63.3 Å². The molecule has 12 heteroatoms. The number of aliphatic carboxylic acids is 1. The fraction of sp³-hybridized carbons (Fsp3) is 0.447. The Morgan fingerprint density at radius 3 is 2.56 bits per heavy atom. The number of rotatable bonds is 7. The number of amides is 2. The van der Waals surface area contributed by atoms with E-state index >= 15 is 0 Å². The van der Waals surface area contributed by atoms with Crippen LogP contribution in [0.25, 0.3) is 21.6 Å². The minimum absolute atomic E-state index is 0.135. The summed E-state index contributed by atoms with van der Waals surface area (Å²) >= 11 is 1.51. The predicted molar refractivity (Wildman–Crippen MR) is 191 cm³/mol. The van der Waals surface area contributed by atoms with E-state index in [0.717, 1.165) is 42.7 Å². The molecule has 0 spiro atoms.